The SMILES string of the molecule is Oc1ccccc1C(c1ccccc1O)n1ccnc1. The molecule has 2 aromatic carbocycles. The lowest BCUT2D eigenvalue weighted by Gasteiger charge is -2.21. The smallest absolute Gasteiger partial charge is 0.121 e. The maximum Gasteiger partial charge on any atom is 0.121 e. The number of para-hydroxylation sites is 2. The Labute approximate surface area is 116 Å². The van der Waals surface area contributed by atoms with Crippen molar-refractivity contribution in [1.82, 2.24) is 9.55 Å². The van der Waals surface area contributed by atoms with E-state index in [-0.39, 0.29) is 17.5 Å². The number of benzene rings is 2. The third-order valence-electron chi connectivity index (χ3n) is 3.29. The molecule has 0 spiro atoms. The van der Waals surface area contributed by atoms with Crippen LogP contribution in [0.15, 0.2) is 67.3 Å². The number of hydrogen-bond acceptors (Lipinski definition) is 3. The van der Waals surface area contributed by atoms with E-state index in [4.69, 9.17) is 0 Å². The summed E-state index contributed by atoms with van der Waals surface area (Å²) in [6, 6.07) is 13.9. The van der Waals surface area contributed by atoms with Crippen LogP contribution in [0.2, 0.25) is 0 Å². The zero-order valence-electron chi connectivity index (χ0n) is 10.7. The molecule has 20 heavy (non-hydrogen) atoms. The molecule has 0 unspecified atom stereocenters. The Morgan fingerprint density at radius 1 is 0.850 bits per heavy atom. The number of phenols is 2. The standard InChI is InChI=1S/C16H14N2O2/c19-14-7-3-1-5-12(14)16(18-10-9-17-11-18)13-6-2-4-8-15(13)20/h1-11,16,19-20H. The van der Waals surface area contributed by atoms with Crippen molar-refractivity contribution >= 4 is 0 Å². The number of imidazole rings is 1. The number of aromatic hydroxyl groups is 2. The maximum absolute atomic E-state index is 10.1. The monoisotopic (exact) mass is 266 g/mol. The van der Waals surface area contributed by atoms with E-state index in [1.165, 1.54) is 0 Å². The van der Waals surface area contributed by atoms with E-state index in [1.54, 1.807) is 36.8 Å². The van der Waals surface area contributed by atoms with E-state index in [2.05, 4.69) is 4.98 Å². The first kappa shape index (κ1) is 12.3. The Balaban J connectivity index is 2.21. The molecule has 0 aliphatic carbocycles. The van der Waals surface area contributed by atoms with E-state index in [1.807, 2.05) is 35.0 Å². The van der Waals surface area contributed by atoms with Crippen LogP contribution in [0.4, 0.5) is 0 Å². The summed E-state index contributed by atoms with van der Waals surface area (Å²) in [7, 11) is 0. The molecule has 0 fully saturated rings. The fourth-order valence-corrected chi connectivity index (χ4v) is 2.35. The molecule has 100 valence electrons. The van der Waals surface area contributed by atoms with Crippen molar-refractivity contribution in [3.8, 4) is 11.5 Å². The van der Waals surface area contributed by atoms with Gasteiger partial charge in [-0.2, -0.15) is 0 Å². The average Bonchev–Trinajstić information content (AvgIpc) is 2.97. The molecule has 1 heterocycles. The van der Waals surface area contributed by atoms with Gasteiger partial charge in [0.15, 0.2) is 0 Å². The molecule has 1 aromatic heterocycles. The molecule has 0 atom stereocenters. The molecular formula is C16H14N2O2. The van der Waals surface area contributed by atoms with Crippen LogP contribution >= 0.6 is 0 Å². The number of phenolic OH excluding ortho intramolecular Hbond substituents is 2. The molecular weight excluding hydrogens is 252 g/mol. The summed E-state index contributed by atoms with van der Waals surface area (Å²) in [5.41, 5.74) is 1.43. The molecule has 3 aromatic rings. The van der Waals surface area contributed by atoms with Gasteiger partial charge >= 0.3 is 0 Å². The first-order valence-corrected chi connectivity index (χ1v) is 6.30. The van der Waals surface area contributed by atoms with Crippen molar-refractivity contribution in [3.05, 3.63) is 78.4 Å². The Bertz CT molecular complexity index is 663. The van der Waals surface area contributed by atoms with Gasteiger partial charge < -0.3 is 14.8 Å². The first-order valence-electron chi connectivity index (χ1n) is 6.30. The summed E-state index contributed by atoms with van der Waals surface area (Å²) in [5, 5.41) is 20.2. The van der Waals surface area contributed by atoms with Crippen LogP contribution in [-0.4, -0.2) is 19.8 Å². The van der Waals surface area contributed by atoms with Crippen molar-refractivity contribution in [3.63, 3.8) is 0 Å². The van der Waals surface area contributed by atoms with Crippen LogP contribution in [0.1, 0.15) is 17.2 Å². The highest BCUT2D eigenvalue weighted by atomic mass is 16.3. The van der Waals surface area contributed by atoms with E-state index >= 15 is 0 Å². The lowest BCUT2D eigenvalue weighted by molar-refractivity contribution is 0.447. The minimum absolute atomic E-state index is 0.189. The fourth-order valence-electron chi connectivity index (χ4n) is 2.35. The largest absolute Gasteiger partial charge is 0.508 e. The number of aromatic nitrogens is 2. The molecule has 0 amide bonds. The van der Waals surface area contributed by atoms with Crippen molar-refractivity contribution in [2.75, 3.05) is 0 Å². The molecule has 2 N–H and O–H groups in total. The third kappa shape index (κ3) is 2.12. The lowest BCUT2D eigenvalue weighted by Crippen LogP contribution is -2.11. The predicted octanol–water partition coefficient (Wildman–Crippen LogP) is 2.93. The predicted molar refractivity (Wildman–Crippen MR) is 75.7 cm³/mol. The summed E-state index contributed by atoms with van der Waals surface area (Å²) in [6.45, 7) is 0. The molecule has 0 saturated heterocycles. The quantitative estimate of drug-likeness (QED) is 0.766. The van der Waals surface area contributed by atoms with Crippen LogP contribution < -0.4 is 0 Å². The Kier molecular flexibility index (Phi) is 3.13. The van der Waals surface area contributed by atoms with E-state index in [9.17, 15) is 10.2 Å². The van der Waals surface area contributed by atoms with Gasteiger partial charge in [0.05, 0.1) is 12.4 Å². The van der Waals surface area contributed by atoms with Gasteiger partial charge in [-0.3, -0.25) is 0 Å². The Morgan fingerprint density at radius 3 is 1.85 bits per heavy atom. The molecule has 4 nitrogen and oxygen atoms in total. The molecule has 0 aliphatic heterocycles. The second-order valence-electron chi connectivity index (χ2n) is 4.53. The Hall–Kier alpha value is -2.75. The fraction of sp³-hybridized carbons (Fsp3) is 0.0625. The average molecular weight is 266 g/mol. The number of hydrogen-bond donors (Lipinski definition) is 2. The van der Waals surface area contributed by atoms with Crippen molar-refractivity contribution in [2.24, 2.45) is 0 Å². The van der Waals surface area contributed by atoms with Crippen LogP contribution in [-0.2, 0) is 0 Å². The molecule has 0 bridgehead atoms. The van der Waals surface area contributed by atoms with Crippen LogP contribution in [0, 0.1) is 0 Å². The molecule has 0 aliphatic rings. The van der Waals surface area contributed by atoms with E-state index < -0.39 is 0 Å². The lowest BCUT2D eigenvalue weighted by atomic mass is 9.97. The third-order valence-corrected chi connectivity index (χ3v) is 3.29. The highest BCUT2D eigenvalue weighted by Gasteiger charge is 2.21. The van der Waals surface area contributed by atoms with E-state index in [0.717, 1.165) is 0 Å². The van der Waals surface area contributed by atoms with Crippen molar-refractivity contribution < 1.29 is 10.2 Å². The summed E-state index contributed by atoms with van der Waals surface area (Å²) < 4.78 is 1.85. The van der Waals surface area contributed by atoms with Gasteiger partial charge in [-0.15, -0.1) is 0 Å². The van der Waals surface area contributed by atoms with Crippen LogP contribution in [0.3, 0.4) is 0 Å². The van der Waals surface area contributed by atoms with Crippen LogP contribution in [0.5, 0.6) is 11.5 Å². The highest BCUT2D eigenvalue weighted by molar-refractivity contribution is 5.46. The topological polar surface area (TPSA) is 58.3 Å². The van der Waals surface area contributed by atoms with Gasteiger partial charge in [0.25, 0.3) is 0 Å². The normalized spacial score (nSPS) is 10.8. The van der Waals surface area contributed by atoms with Gasteiger partial charge in [0, 0.05) is 23.5 Å². The second-order valence-corrected chi connectivity index (χ2v) is 4.53. The molecule has 3 rings (SSSR count). The van der Waals surface area contributed by atoms with Gasteiger partial charge in [-0.05, 0) is 12.1 Å². The Morgan fingerprint density at radius 2 is 1.40 bits per heavy atom. The van der Waals surface area contributed by atoms with Gasteiger partial charge in [-0.25, -0.2) is 4.98 Å². The van der Waals surface area contributed by atoms with Gasteiger partial charge in [0.1, 0.15) is 11.5 Å². The maximum atomic E-state index is 10.1. The number of rotatable bonds is 3. The highest BCUT2D eigenvalue weighted by Crippen LogP contribution is 2.36. The summed E-state index contributed by atoms with van der Waals surface area (Å²) in [5.74, 6) is 0.379. The van der Waals surface area contributed by atoms with Gasteiger partial charge in [0.2, 0.25) is 0 Å². The molecule has 0 saturated carbocycles. The van der Waals surface area contributed by atoms with E-state index in [0.29, 0.717) is 11.1 Å². The molecule has 0 radical (unpaired) electrons. The second kappa shape index (κ2) is 5.09. The van der Waals surface area contributed by atoms with Crippen molar-refractivity contribution in [1.29, 1.82) is 0 Å². The van der Waals surface area contributed by atoms with Crippen molar-refractivity contribution in [2.45, 2.75) is 6.04 Å². The summed E-state index contributed by atoms with van der Waals surface area (Å²) in [4.78, 5) is 4.05. The first-order chi connectivity index (χ1) is 9.77. The minimum Gasteiger partial charge on any atom is -0.508 e. The zero-order chi connectivity index (χ0) is 13.9. The number of nitrogens with zero attached hydrogens (tertiary/aromatic N) is 2. The molecule has 4 heteroatoms. The zero-order valence-corrected chi connectivity index (χ0v) is 10.7. The summed E-state index contributed by atoms with van der Waals surface area (Å²) in [6.07, 6.45) is 5.15. The minimum atomic E-state index is -0.320. The summed E-state index contributed by atoms with van der Waals surface area (Å²) >= 11 is 0. The van der Waals surface area contributed by atoms with Crippen LogP contribution in [0.25, 0.3) is 0 Å². The van der Waals surface area contributed by atoms with Gasteiger partial charge in [-0.1, -0.05) is 36.4 Å².